The predicted molar refractivity (Wildman–Crippen MR) is 100.0 cm³/mol. The van der Waals surface area contributed by atoms with Crippen molar-refractivity contribution in [2.75, 3.05) is 0 Å². The van der Waals surface area contributed by atoms with Crippen LogP contribution in [-0.2, 0) is 6.54 Å². The minimum absolute atomic E-state index is 0.225. The van der Waals surface area contributed by atoms with E-state index < -0.39 is 0 Å². The molecule has 0 unspecified atom stereocenters. The summed E-state index contributed by atoms with van der Waals surface area (Å²) in [5, 5.41) is 5.99. The molecule has 0 atom stereocenters. The first-order chi connectivity index (χ1) is 11.1. The molecule has 0 saturated heterocycles. The number of thiocarbonyl (C=S) groups is 1. The van der Waals surface area contributed by atoms with Crippen molar-refractivity contribution >= 4 is 35.4 Å². The second-order valence-corrected chi connectivity index (χ2v) is 5.28. The molecule has 0 saturated carbocycles. The molecule has 0 bridgehead atoms. The standard InChI is InChI=1S/C19H18N2OS/c1-3-15-11-10-14(12-16(15)4-2)13-20-19(23)21-18(22)17-8-6-5-7-9-17/h3-12H,1-2,13H2,(H2,20,21,22,23). The zero-order valence-corrected chi connectivity index (χ0v) is 13.5. The van der Waals surface area contributed by atoms with Gasteiger partial charge in [-0.2, -0.15) is 0 Å². The summed E-state index contributed by atoms with van der Waals surface area (Å²) in [7, 11) is 0. The van der Waals surface area contributed by atoms with E-state index in [1.807, 2.05) is 36.4 Å². The van der Waals surface area contributed by atoms with Crippen molar-refractivity contribution in [3.05, 3.63) is 83.9 Å². The summed E-state index contributed by atoms with van der Waals surface area (Å²) in [6.07, 6.45) is 3.58. The van der Waals surface area contributed by atoms with Crippen LogP contribution in [-0.4, -0.2) is 11.0 Å². The highest BCUT2D eigenvalue weighted by molar-refractivity contribution is 7.80. The average molecular weight is 322 g/mol. The lowest BCUT2D eigenvalue weighted by Crippen LogP contribution is -2.38. The maximum Gasteiger partial charge on any atom is 0.257 e. The van der Waals surface area contributed by atoms with Gasteiger partial charge in [0.25, 0.3) is 5.91 Å². The smallest absolute Gasteiger partial charge is 0.257 e. The molecule has 0 aliphatic rings. The van der Waals surface area contributed by atoms with Gasteiger partial charge in [-0.3, -0.25) is 10.1 Å². The van der Waals surface area contributed by atoms with Gasteiger partial charge in [0.15, 0.2) is 5.11 Å². The van der Waals surface area contributed by atoms with Gasteiger partial charge in [-0.1, -0.05) is 55.6 Å². The predicted octanol–water partition coefficient (Wildman–Crippen LogP) is 3.78. The van der Waals surface area contributed by atoms with Crippen molar-refractivity contribution in [1.29, 1.82) is 0 Å². The molecule has 0 heterocycles. The highest BCUT2D eigenvalue weighted by Crippen LogP contribution is 2.14. The van der Waals surface area contributed by atoms with E-state index in [2.05, 4.69) is 23.8 Å². The quantitative estimate of drug-likeness (QED) is 0.823. The molecule has 116 valence electrons. The maximum absolute atomic E-state index is 12.0. The second kappa shape index (κ2) is 8.06. The molecule has 0 spiro atoms. The van der Waals surface area contributed by atoms with Gasteiger partial charge in [-0.05, 0) is 47.1 Å². The molecule has 23 heavy (non-hydrogen) atoms. The third-order valence-corrected chi connectivity index (χ3v) is 3.55. The van der Waals surface area contributed by atoms with Crippen LogP contribution in [0.25, 0.3) is 12.2 Å². The molecule has 0 fully saturated rings. The van der Waals surface area contributed by atoms with Crippen molar-refractivity contribution in [1.82, 2.24) is 10.6 Å². The lowest BCUT2D eigenvalue weighted by molar-refractivity contribution is 0.0976. The molecule has 0 aromatic heterocycles. The van der Waals surface area contributed by atoms with Crippen LogP contribution in [0.3, 0.4) is 0 Å². The number of carbonyl (C=O) groups is 1. The van der Waals surface area contributed by atoms with Crippen LogP contribution in [0.1, 0.15) is 27.0 Å². The Hall–Kier alpha value is -2.72. The van der Waals surface area contributed by atoms with E-state index in [-0.39, 0.29) is 5.91 Å². The lowest BCUT2D eigenvalue weighted by atomic mass is 10.0. The Kier molecular flexibility index (Phi) is 5.83. The minimum Gasteiger partial charge on any atom is -0.358 e. The van der Waals surface area contributed by atoms with Crippen LogP contribution >= 0.6 is 12.2 Å². The lowest BCUT2D eigenvalue weighted by Gasteiger charge is -2.11. The molecule has 2 aromatic rings. The van der Waals surface area contributed by atoms with Crippen molar-refractivity contribution in [3.63, 3.8) is 0 Å². The molecular formula is C19H18N2OS. The fourth-order valence-corrected chi connectivity index (χ4v) is 2.25. The van der Waals surface area contributed by atoms with E-state index in [4.69, 9.17) is 12.2 Å². The Labute approximate surface area is 141 Å². The molecule has 3 nitrogen and oxygen atoms in total. The van der Waals surface area contributed by atoms with Crippen LogP contribution in [0.4, 0.5) is 0 Å². The summed E-state index contributed by atoms with van der Waals surface area (Å²) >= 11 is 5.16. The minimum atomic E-state index is -0.225. The molecular weight excluding hydrogens is 304 g/mol. The number of nitrogens with one attached hydrogen (secondary N) is 2. The molecule has 0 aliphatic heterocycles. The third kappa shape index (κ3) is 4.63. The summed E-state index contributed by atoms with van der Waals surface area (Å²) in [5.41, 5.74) is 3.66. The Morgan fingerprint density at radius 3 is 2.39 bits per heavy atom. The first-order valence-electron chi connectivity index (χ1n) is 7.16. The first-order valence-corrected chi connectivity index (χ1v) is 7.57. The van der Waals surface area contributed by atoms with Gasteiger partial charge in [-0.15, -0.1) is 0 Å². The van der Waals surface area contributed by atoms with Gasteiger partial charge in [0.05, 0.1) is 0 Å². The second-order valence-electron chi connectivity index (χ2n) is 4.87. The monoisotopic (exact) mass is 322 g/mol. The van der Waals surface area contributed by atoms with Crippen molar-refractivity contribution in [2.24, 2.45) is 0 Å². The van der Waals surface area contributed by atoms with Crippen molar-refractivity contribution in [2.45, 2.75) is 6.54 Å². The summed E-state index contributed by atoms with van der Waals surface area (Å²) in [6.45, 7) is 8.09. The summed E-state index contributed by atoms with van der Waals surface area (Å²) in [6, 6.07) is 14.9. The Bertz CT molecular complexity index is 738. The molecule has 2 aromatic carbocycles. The van der Waals surface area contributed by atoms with E-state index in [0.29, 0.717) is 17.2 Å². The molecule has 2 rings (SSSR count). The van der Waals surface area contributed by atoms with E-state index in [1.165, 1.54) is 0 Å². The number of benzene rings is 2. The number of carbonyl (C=O) groups excluding carboxylic acids is 1. The first kappa shape index (κ1) is 16.6. The van der Waals surface area contributed by atoms with Crippen LogP contribution in [0, 0.1) is 0 Å². The normalized spacial score (nSPS) is 9.74. The number of rotatable bonds is 5. The summed E-state index contributed by atoms with van der Waals surface area (Å²) < 4.78 is 0. The fraction of sp³-hybridized carbons (Fsp3) is 0.0526. The zero-order valence-electron chi connectivity index (χ0n) is 12.7. The third-order valence-electron chi connectivity index (χ3n) is 3.31. The Morgan fingerprint density at radius 2 is 1.74 bits per heavy atom. The van der Waals surface area contributed by atoms with Gasteiger partial charge in [0.2, 0.25) is 0 Å². The van der Waals surface area contributed by atoms with E-state index in [9.17, 15) is 4.79 Å². The van der Waals surface area contributed by atoms with E-state index in [1.54, 1.807) is 24.3 Å². The van der Waals surface area contributed by atoms with Gasteiger partial charge in [-0.25, -0.2) is 0 Å². The van der Waals surface area contributed by atoms with Gasteiger partial charge in [0.1, 0.15) is 0 Å². The summed E-state index contributed by atoms with van der Waals surface area (Å²) in [5.74, 6) is -0.225. The Morgan fingerprint density at radius 1 is 1.04 bits per heavy atom. The van der Waals surface area contributed by atoms with Crippen LogP contribution in [0.15, 0.2) is 61.7 Å². The largest absolute Gasteiger partial charge is 0.358 e. The van der Waals surface area contributed by atoms with Crippen LogP contribution in [0.5, 0.6) is 0 Å². The Balaban J connectivity index is 1.93. The van der Waals surface area contributed by atoms with E-state index >= 15 is 0 Å². The topological polar surface area (TPSA) is 41.1 Å². The molecule has 0 radical (unpaired) electrons. The van der Waals surface area contributed by atoms with Crippen molar-refractivity contribution in [3.8, 4) is 0 Å². The zero-order chi connectivity index (χ0) is 16.7. The SMILES string of the molecule is C=Cc1ccc(CNC(=S)NC(=O)c2ccccc2)cc1C=C. The average Bonchev–Trinajstić information content (AvgIpc) is 2.60. The van der Waals surface area contributed by atoms with Gasteiger partial charge in [0, 0.05) is 12.1 Å². The molecule has 0 aliphatic carbocycles. The maximum atomic E-state index is 12.0. The molecule has 1 amide bonds. The molecule has 4 heteroatoms. The van der Waals surface area contributed by atoms with Crippen molar-refractivity contribution < 1.29 is 4.79 Å². The highest BCUT2D eigenvalue weighted by atomic mass is 32.1. The fourth-order valence-electron chi connectivity index (χ4n) is 2.09. The van der Waals surface area contributed by atoms with Crippen LogP contribution < -0.4 is 10.6 Å². The van der Waals surface area contributed by atoms with Gasteiger partial charge >= 0.3 is 0 Å². The number of hydrogen-bond acceptors (Lipinski definition) is 2. The van der Waals surface area contributed by atoms with Gasteiger partial charge < -0.3 is 5.32 Å². The van der Waals surface area contributed by atoms with Crippen LogP contribution in [0.2, 0.25) is 0 Å². The number of amides is 1. The summed E-state index contributed by atoms with van der Waals surface area (Å²) in [4.78, 5) is 12.0. The number of hydrogen-bond donors (Lipinski definition) is 2. The molecule has 2 N–H and O–H groups in total. The highest BCUT2D eigenvalue weighted by Gasteiger charge is 2.07. The van der Waals surface area contributed by atoms with E-state index in [0.717, 1.165) is 16.7 Å².